The van der Waals surface area contributed by atoms with Crippen LogP contribution in [-0.2, 0) is 4.74 Å². The normalized spacial score (nSPS) is 11.1. The molecular formula is C24H36O4. The Kier molecular flexibility index (Phi) is 17.8. The summed E-state index contributed by atoms with van der Waals surface area (Å²) >= 11 is 0. The molecule has 0 amide bonds. The fraction of sp³-hybridized carbons (Fsp3) is 0.458. The van der Waals surface area contributed by atoms with Crippen molar-refractivity contribution in [2.24, 2.45) is 0 Å². The van der Waals surface area contributed by atoms with E-state index < -0.39 is 5.97 Å². The summed E-state index contributed by atoms with van der Waals surface area (Å²) in [5, 5.41) is 9.06. The average molecular weight is 389 g/mol. The summed E-state index contributed by atoms with van der Waals surface area (Å²) in [6, 6.07) is 6.59. The summed E-state index contributed by atoms with van der Waals surface area (Å²) in [7, 11) is 3.25. The molecule has 0 unspecified atom stereocenters. The molecule has 4 heteroatoms. The Bertz CT molecular complexity index is 588. The first-order valence-electron chi connectivity index (χ1n) is 10.0. The van der Waals surface area contributed by atoms with E-state index in [1.807, 2.05) is 12.2 Å². The quantitative estimate of drug-likeness (QED) is 0.175. The number of methoxy groups -OCH3 is 1. The molecule has 0 saturated heterocycles. The highest BCUT2D eigenvalue weighted by Gasteiger charge is 2.08. The molecule has 1 aromatic rings. The van der Waals surface area contributed by atoms with E-state index in [1.165, 1.54) is 50.9 Å². The molecule has 1 aromatic carbocycles. The van der Waals surface area contributed by atoms with Crippen molar-refractivity contribution in [3.63, 3.8) is 0 Å². The van der Waals surface area contributed by atoms with Gasteiger partial charge in [-0.05, 0) is 37.5 Å². The van der Waals surface area contributed by atoms with Crippen LogP contribution in [0.4, 0.5) is 0 Å². The Balaban J connectivity index is 0.00000227. The number of benzene rings is 1. The molecular weight excluding hydrogens is 352 g/mol. The Morgan fingerprint density at radius 1 is 0.964 bits per heavy atom. The number of hydrogen-bond donors (Lipinski definition) is 1. The fourth-order valence-electron chi connectivity index (χ4n) is 2.40. The monoisotopic (exact) mass is 388 g/mol. The van der Waals surface area contributed by atoms with Crippen LogP contribution in [0.15, 0.2) is 60.9 Å². The van der Waals surface area contributed by atoms with Crippen LogP contribution in [0.25, 0.3) is 0 Å². The molecule has 1 rings (SSSR count). The first-order chi connectivity index (χ1) is 13.7. The van der Waals surface area contributed by atoms with Crippen LogP contribution in [-0.4, -0.2) is 25.3 Å². The molecule has 0 radical (unpaired) electrons. The van der Waals surface area contributed by atoms with Gasteiger partial charge in [0.15, 0.2) is 0 Å². The van der Waals surface area contributed by atoms with E-state index >= 15 is 0 Å². The molecule has 156 valence electrons. The molecule has 0 bridgehead atoms. The van der Waals surface area contributed by atoms with Gasteiger partial charge in [0.05, 0.1) is 6.26 Å². The largest absolute Gasteiger partial charge is 0.478 e. The summed E-state index contributed by atoms with van der Waals surface area (Å²) in [5.74, 6) is -0.645. The number of aromatic carboxylic acids is 1. The predicted molar refractivity (Wildman–Crippen MR) is 117 cm³/mol. The number of unbranched alkanes of at least 4 members (excludes halogenated alkanes) is 6. The highest BCUT2D eigenvalue weighted by molar-refractivity contribution is 5.90. The number of carbonyl (C=O) groups is 1. The second kappa shape index (κ2) is 19.4. The zero-order valence-electron chi connectivity index (χ0n) is 17.6. The van der Waals surface area contributed by atoms with Gasteiger partial charge in [-0.3, -0.25) is 0 Å². The van der Waals surface area contributed by atoms with Gasteiger partial charge >= 0.3 is 5.97 Å². The first kappa shape index (κ1) is 25.7. The molecule has 4 nitrogen and oxygen atoms in total. The number of hydrogen-bond acceptors (Lipinski definition) is 3. The second-order valence-corrected chi connectivity index (χ2v) is 6.35. The number of carboxylic acid groups (broad SMARTS) is 1. The van der Waals surface area contributed by atoms with Crippen molar-refractivity contribution < 1.29 is 19.4 Å². The smallest absolute Gasteiger partial charge is 0.339 e. The van der Waals surface area contributed by atoms with Crippen LogP contribution in [0.3, 0.4) is 0 Å². The number of para-hydroxylation sites is 1. The van der Waals surface area contributed by atoms with E-state index in [-0.39, 0.29) is 5.56 Å². The van der Waals surface area contributed by atoms with E-state index in [4.69, 9.17) is 9.84 Å². The number of carboxylic acids is 1. The van der Waals surface area contributed by atoms with E-state index in [1.54, 1.807) is 38.5 Å². The fourth-order valence-corrected chi connectivity index (χ4v) is 2.40. The van der Waals surface area contributed by atoms with Crippen LogP contribution >= 0.6 is 0 Å². The molecule has 0 saturated carbocycles. The second-order valence-electron chi connectivity index (χ2n) is 6.35. The van der Waals surface area contributed by atoms with Crippen LogP contribution in [0.2, 0.25) is 0 Å². The maximum Gasteiger partial charge on any atom is 0.339 e. The molecule has 0 aliphatic heterocycles. The summed E-state index contributed by atoms with van der Waals surface area (Å²) in [6.45, 7) is 2.24. The lowest BCUT2D eigenvalue weighted by molar-refractivity contribution is 0.0694. The number of rotatable bonds is 13. The van der Waals surface area contributed by atoms with Gasteiger partial charge in [0.25, 0.3) is 0 Å². The first-order valence-corrected chi connectivity index (χ1v) is 10.0. The van der Waals surface area contributed by atoms with Gasteiger partial charge in [-0.1, -0.05) is 75.5 Å². The third-order valence-electron chi connectivity index (χ3n) is 3.80. The van der Waals surface area contributed by atoms with Crippen LogP contribution in [0.1, 0.15) is 68.6 Å². The van der Waals surface area contributed by atoms with E-state index in [0.717, 1.165) is 12.8 Å². The minimum absolute atomic E-state index is 0.161. The molecule has 0 spiro atoms. The molecule has 0 atom stereocenters. The maximum absolute atomic E-state index is 11.0. The maximum atomic E-state index is 11.0. The van der Waals surface area contributed by atoms with Gasteiger partial charge in [0.2, 0.25) is 0 Å². The van der Waals surface area contributed by atoms with E-state index in [0.29, 0.717) is 5.75 Å². The van der Waals surface area contributed by atoms with Crippen molar-refractivity contribution >= 4 is 5.97 Å². The minimum atomic E-state index is -0.991. The van der Waals surface area contributed by atoms with Gasteiger partial charge in [0, 0.05) is 14.2 Å². The molecule has 28 heavy (non-hydrogen) atoms. The Morgan fingerprint density at radius 3 is 2.36 bits per heavy atom. The van der Waals surface area contributed by atoms with Crippen molar-refractivity contribution in [1.29, 1.82) is 0 Å². The Hall–Kier alpha value is -2.33. The molecule has 0 aromatic heterocycles. The molecule has 0 fully saturated rings. The Labute approximate surface area is 170 Å². The van der Waals surface area contributed by atoms with E-state index in [9.17, 15) is 4.79 Å². The third-order valence-corrected chi connectivity index (χ3v) is 3.80. The van der Waals surface area contributed by atoms with Crippen molar-refractivity contribution in [1.82, 2.24) is 0 Å². The molecule has 1 N–H and O–H groups in total. The molecule has 0 heterocycles. The van der Waals surface area contributed by atoms with Crippen LogP contribution in [0.5, 0.6) is 5.75 Å². The van der Waals surface area contributed by atoms with Crippen molar-refractivity contribution in [2.45, 2.75) is 58.3 Å². The zero-order valence-corrected chi connectivity index (χ0v) is 17.6. The predicted octanol–water partition coefficient (Wildman–Crippen LogP) is 6.79. The summed E-state index contributed by atoms with van der Waals surface area (Å²) in [4.78, 5) is 11.0. The number of allylic oxidation sites excluding steroid dienone is 5. The van der Waals surface area contributed by atoms with Crippen molar-refractivity contribution in [3.05, 3.63) is 66.5 Å². The van der Waals surface area contributed by atoms with Gasteiger partial charge in [-0.2, -0.15) is 0 Å². The lowest BCUT2D eigenvalue weighted by atomic mass is 10.1. The van der Waals surface area contributed by atoms with Gasteiger partial charge in [-0.25, -0.2) is 4.79 Å². The SMILES string of the molecule is CCCCCCCCC=CCC=CC=COc1ccccc1C(=O)O.COC. The highest BCUT2D eigenvalue weighted by atomic mass is 16.5. The minimum Gasteiger partial charge on any atom is -0.478 e. The van der Waals surface area contributed by atoms with Crippen molar-refractivity contribution in [2.75, 3.05) is 14.2 Å². The zero-order chi connectivity index (χ0) is 20.9. The van der Waals surface area contributed by atoms with E-state index in [2.05, 4.69) is 23.8 Å². The van der Waals surface area contributed by atoms with Crippen molar-refractivity contribution in [3.8, 4) is 5.75 Å². The summed E-state index contributed by atoms with van der Waals surface area (Å²) in [6.07, 6.45) is 21.7. The van der Waals surface area contributed by atoms with Gasteiger partial charge in [0.1, 0.15) is 11.3 Å². The Morgan fingerprint density at radius 2 is 1.64 bits per heavy atom. The van der Waals surface area contributed by atoms with Gasteiger partial charge in [-0.15, -0.1) is 0 Å². The topological polar surface area (TPSA) is 55.8 Å². The number of ether oxygens (including phenoxy) is 2. The van der Waals surface area contributed by atoms with Crippen LogP contribution < -0.4 is 4.74 Å². The standard InChI is InChI=1S/C22H30O3.C2H6O/c1-2-3-4-5-6-7-8-9-10-11-12-13-16-19-25-21-18-15-14-17-20(21)22(23)24;1-3-2/h9-10,12-19H,2-8,11H2,1H3,(H,23,24);1-2H3. The third kappa shape index (κ3) is 14.8. The summed E-state index contributed by atoms with van der Waals surface area (Å²) in [5.41, 5.74) is 0.161. The lowest BCUT2D eigenvalue weighted by Crippen LogP contribution is -1.99. The summed E-state index contributed by atoms with van der Waals surface area (Å²) < 4.78 is 9.62. The molecule has 0 aliphatic carbocycles. The molecule has 0 aliphatic rings. The lowest BCUT2D eigenvalue weighted by Gasteiger charge is -2.03. The van der Waals surface area contributed by atoms with Crippen LogP contribution in [0, 0.1) is 0 Å². The average Bonchev–Trinajstić information content (AvgIpc) is 2.69. The van der Waals surface area contributed by atoms with Gasteiger partial charge < -0.3 is 14.6 Å². The highest BCUT2D eigenvalue weighted by Crippen LogP contribution is 2.17.